The highest BCUT2D eigenvalue weighted by Gasteiger charge is 2.46. The van der Waals surface area contributed by atoms with Crippen molar-refractivity contribution < 1.29 is 0 Å². The average molecular weight is 725 g/mol. The third-order valence-corrected chi connectivity index (χ3v) is 12.8. The van der Waals surface area contributed by atoms with Gasteiger partial charge in [-0.05, 0) is 137 Å². The Labute approximate surface area is 332 Å². The maximum absolute atomic E-state index is 3.89. The third-order valence-electron chi connectivity index (χ3n) is 12.8. The Balaban J connectivity index is 1.01. The number of rotatable bonds is 6. The van der Waals surface area contributed by atoms with E-state index >= 15 is 0 Å². The molecule has 0 bridgehead atoms. The highest BCUT2D eigenvalue weighted by molar-refractivity contribution is 5.90. The molecule has 6 aromatic rings. The summed E-state index contributed by atoms with van der Waals surface area (Å²) in [5.74, 6) is 0.496. The van der Waals surface area contributed by atoms with Crippen molar-refractivity contribution in [2.45, 2.75) is 58.3 Å². The molecule has 0 saturated heterocycles. The van der Waals surface area contributed by atoms with E-state index in [1.165, 1.54) is 83.9 Å². The number of anilines is 4. The quantitative estimate of drug-likeness (QED) is 0.184. The molecule has 2 heteroatoms. The summed E-state index contributed by atoms with van der Waals surface area (Å²) < 4.78 is 0. The SMILES string of the molecule is Cc1cccc(-c2ccc(N3C4=CC=C(c5ccc(Nc6ccc7c(c6)C(C)(C)c6ccccc6-7)c(C6=CC(C)CC=C6)c5)CC4(C)c4ccccc43)cc2)c1. The molecule has 2 unspecified atom stereocenters. The van der Waals surface area contributed by atoms with Gasteiger partial charge in [0.05, 0.1) is 0 Å². The Bertz CT molecular complexity index is 2680. The number of hydrogen-bond acceptors (Lipinski definition) is 2. The van der Waals surface area contributed by atoms with Crippen LogP contribution in [0.3, 0.4) is 0 Å². The normalized spacial score (nSPS) is 20.0. The van der Waals surface area contributed by atoms with Crippen LogP contribution >= 0.6 is 0 Å². The lowest BCUT2D eigenvalue weighted by atomic mass is 9.72. The van der Waals surface area contributed by atoms with Gasteiger partial charge in [-0.2, -0.15) is 0 Å². The van der Waals surface area contributed by atoms with E-state index in [1.807, 2.05) is 0 Å². The molecule has 1 N–H and O–H groups in total. The Morgan fingerprint density at radius 3 is 2.23 bits per heavy atom. The van der Waals surface area contributed by atoms with E-state index in [4.69, 9.17) is 0 Å². The smallest absolute Gasteiger partial charge is 0.0500 e. The molecule has 0 spiro atoms. The van der Waals surface area contributed by atoms with Crippen molar-refractivity contribution >= 4 is 33.9 Å². The van der Waals surface area contributed by atoms with Crippen molar-refractivity contribution in [3.05, 3.63) is 203 Å². The Morgan fingerprint density at radius 1 is 0.643 bits per heavy atom. The monoisotopic (exact) mass is 724 g/mol. The second kappa shape index (κ2) is 13.0. The van der Waals surface area contributed by atoms with Crippen LogP contribution in [-0.4, -0.2) is 0 Å². The van der Waals surface area contributed by atoms with Crippen LogP contribution in [-0.2, 0) is 10.8 Å². The minimum atomic E-state index is -0.166. The number of allylic oxidation sites excluding steroid dienone is 8. The van der Waals surface area contributed by atoms with E-state index in [2.05, 4.69) is 209 Å². The number of aryl methyl sites for hydroxylation is 1. The molecular weight excluding hydrogens is 677 g/mol. The van der Waals surface area contributed by atoms with Crippen molar-refractivity contribution in [3.63, 3.8) is 0 Å². The van der Waals surface area contributed by atoms with Gasteiger partial charge in [0.15, 0.2) is 0 Å². The molecule has 0 fully saturated rings. The lowest BCUT2D eigenvalue weighted by Crippen LogP contribution is -2.28. The molecule has 0 aromatic heterocycles. The summed E-state index contributed by atoms with van der Waals surface area (Å²) in [5.41, 5.74) is 21.6. The number of benzene rings is 6. The van der Waals surface area contributed by atoms with Crippen LogP contribution in [0, 0.1) is 12.8 Å². The number of fused-ring (bicyclic) bond motifs is 6. The van der Waals surface area contributed by atoms with Gasteiger partial charge in [-0.3, -0.25) is 0 Å². The van der Waals surface area contributed by atoms with Gasteiger partial charge in [-0.15, -0.1) is 0 Å². The fourth-order valence-electron chi connectivity index (χ4n) is 9.87. The Hall–Kier alpha value is -6.12. The second-order valence-corrected chi connectivity index (χ2v) is 17.1. The predicted octanol–water partition coefficient (Wildman–Crippen LogP) is 14.5. The van der Waals surface area contributed by atoms with Crippen molar-refractivity contribution in [2.75, 3.05) is 10.2 Å². The van der Waals surface area contributed by atoms with Gasteiger partial charge in [0, 0.05) is 44.8 Å². The molecule has 0 saturated carbocycles. The lowest BCUT2D eigenvalue weighted by molar-refractivity contribution is 0.586. The maximum atomic E-state index is 3.89. The number of nitrogens with zero attached hydrogens (tertiary/aromatic N) is 1. The fourth-order valence-corrected chi connectivity index (χ4v) is 9.87. The van der Waals surface area contributed by atoms with Crippen LogP contribution in [0.15, 0.2) is 170 Å². The van der Waals surface area contributed by atoms with Gasteiger partial charge in [0.2, 0.25) is 0 Å². The van der Waals surface area contributed by atoms with Crippen LogP contribution in [0.2, 0.25) is 0 Å². The summed E-state index contributed by atoms with van der Waals surface area (Å²) in [4.78, 5) is 2.48. The summed E-state index contributed by atoms with van der Waals surface area (Å²) in [5, 5.41) is 3.89. The van der Waals surface area contributed by atoms with Gasteiger partial charge < -0.3 is 10.2 Å². The number of hydrogen-bond donors (Lipinski definition) is 1. The molecule has 2 atom stereocenters. The zero-order valence-corrected chi connectivity index (χ0v) is 33.0. The summed E-state index contributed by atoms with van der Waals surface area (Å²) in [6, 6.07) is 49.7. The topological polar surface area (TPSA) is 15.3 Å². The van der Waals surface area contributed by atoms with Crippen molar-refractivity contribution in [2.24, 2.45) is 5.92 Å². The standard InChI is InChI=1S/C54H48N2/c1-35-12-10-14-38(30-35)37-20-25-43(26-21-37)56-51-19-9-8-18-48(51)54(5)34-41(23-29-52(54)56)39-22-28-50(46(32-39)40-15-11-13-36(2)31-40)55-42-24-27-45-44-16-6-7-17-47(44)53(3,4)49(45)33-42/h6-12,14-33,36,55H,13,34H2,1-5H3. The van der Waals surface area contributed by atoms with Crippen LogP contribution in [0.4, 0.5) is 22.7 Å². The maximum Gasteiger partial charge on any atom is 0.0500 e. The lowest BCUT2D eigenvalue weighted by Gasteiger charge is -2.34. The van der Waals surface area contributed by atoms with E-state index in [9.17, 15) is 0 Å². The van der Waals surface area contributed by atoms with Gasteiger partial charge >= 0.3 is 0 Å². The van der Waals surface area contributed by atoms with Crippen LogP contribution in [0.1, 0.15) is 73.9 Å². The first kappa shape index (κ1) is 34.4. The fraction of sp³-hybridized carbons (Fsp3) is 0.185. The van der Waals surface area contributed by atoms with E-state index < -0.39 is 0 Å². The van der Waals surface area contributed by atoms with E-state index in [0.717, 1.165) is 24.2 Å². The molecule has 4 aliphatic rings. The molecule has 2 nitrogen and oxygen atoms in total. The molecule has 1 heterocycles. The predicted molar refractivity (Wildman–Crippen MR) is 238 cm³/mol. The minimum absolute atomic E-state index is 0.0461. The molecule has 3 aliphatic carbocycles. The average Bonchev–Trinajstić information content (AvgIpc) is 3.61. The molecule has 274 valence electrons. The summed E-state index contributed by atoms with van der Waals surface area (Å²) in [7, 11) is 0. The third kappa shape index (κ3) is 5.54. The van der Waals surface area contributed by atoms with Crippen LogP contribution in [0.25, 0.3) is 33.4 Å². The van der Waals surface area contributed by atoms with Gasteiger partial charge in [-0.1, -0.05) is 142 Å². The zero-order valence-electron chi connectivity index (χ0n) is 33.0. The Morgan fingerprint density at radius 2 is 1.41 bits per heavy atom. The first-order valence-corrected chi connectivity index (χ1v) is 20.2. The largest absolute Gasteiger partial charge is 0.355 e. The van der Waals surface area contributed by atoms with Crippen LogP contribution in [0.5, 0.6) is 0 Å². The van der Waals surface area contributed by atoms with Crippen molar-refractivity contribution in [1.29, 1.82) is 0 Å². The zero-order chi connectivity index (χ0) is 38.2. The van der Waals surface area contributed by atoms with E-state index in [1.54, 1.807) is 0 Å². The molecule has 1 aliphatic heterocycles. The molecule has 56 heavy (non-hydrogen) atoms. The molecule has 0 radical (unpaired) electrons. The summed E-state index contributed by atoms with van der Waals surface area (Å²) in [6.07, 6.45) is 13.8. The second-order valence-electron chi connectivity index (χ2n) is 17.1. The molecule has 0 amide bonds. The first-order chi connectivity index (χ1) is 27.2. The minimum Gasteiger partial charge on any atom is -0.355 e. The highest BCUT2D eigenvalue weighted by Crippen LogP contribution is 2.57. The van der Waals surface area contributed by atoms with Gasteiger partial charge in [0.25, 0.3) is 0 Å². The number of para-hydroxylation sites is 1. The Kier molecular flexibility index (Phi) is 7.97. The highest BCUT2D eigenvalue weighted by atomic mass is 15.2. The van der Waals surface area contributed by atoms with Crippen molar-refractivity contribution in [3.8, 4) is 22.3 Å². The van der Waals surface area contributed by atoms with Crippen LogP contribution < -0.4 is 10.2 Å². The van der Waals surface area contributed by atoms with Gasteiger partial charge in [-0.25, -0.2) is 0 Å². The van der Waals surface area contributed by atoms with E-state index in [-0.39, 0.29) is 10.8 Å². The molecular formula is C54H48N2. The van der Waals surface area contributed by atoms with Crippen molar-refractivity contribution in [1.82, 2.24) is 0 Å². The summed E-state index contributed by atoms with van der Waals surface area (Å²) >= 11 is 0. The number of nitrogens with one attached hydrogen (secondary N) is 1. The molecule has 10 rings (SSSR count). The first-order valence-electron chi connectivity index (χ1n) is 20.2. The van der Waals surface area contributed by atoms with E-state index in [0.29, 0.717) is 5.92 Å². The van der Waals surface area contributed by atoms with Gasteiger partial charge in [0.1, 0.15) is 0 Å². The molecule has 6 aromatic carbocycles. The summed E-state index contributed by atoms with van der Waals surface area (Å²) in [6.45, 7) is 11.6.